The second-order valence-electron chi connectivity index (χ2n) is 12.1. The molecule has 2 aliphatic rings. The van der Waals surface area contributed by atoms with E-state index in [4.69, 9.17) is 0 Å². The summed E-state index contributed by atoms with van der Waals surface area (Å²) in [6, 6.07) is 19.7. The van der Waals surface area contributed by atoms with E-state index in [1.165, 1.54) is 24.3 Å². The van der Waals surface area contributed by atoms with Gasteiger partial charge in [0.05, 0.1) is 33.6 Å². The van der Waals surface area contributed by atoms with Crippen molar-refractivity contribution in [2.45, 2.75) is 0 Å². The van der Waals surface area contributed by atoms with Gasteiger partial charge in [0, 0.05) is 46.9 Å². The number of ketones is 2. The first-order chi connectivity index (χ1) is 26.6. The second kappa shape index (κ2) is 16.4. The van der Waals surface area contributed by atoms with Crippen LogP contribution >= 0.6 is 127 Å². The Morgan fingerprint density at radius 3 is 0.982 bits per heavy atom. The second-order valence-corrected chi connectivity index (χ2v) is 18.4. The Morgan fingerprint density at radius 1 is 0.411 bits per heavy atom. The molecule has 5 aromatic carbocycles. The van der Waals surface area contributed by atoms with Crippen LogP contribution in [0.1, 0.15) is 73.3 Å². The lowest BCUT2D eigenvalue weighted by Gasteiger charge is -2.14. The van der Waals surface area contributed by atoms with E-state index in [0.29, 0.717) is 35.8 Å². The highest BCUT2D eigenvalue weighted by Gasteiger charge is 2.43. The third kappa shape index (κ3) is 7.22. The van der Waals surface area contributed by atoms with Crippen molar-refractivity contribution in [2.24, 2.45) is 0 Å². The van der Waals surface area contributed by atoms with E-state index in [-0.39, 0.29) is 56.3 Å². The molecule has 278 valence electrons. The quantitative estimate of drug-likeness (QED) is 0.0503. The Balaban J connectivity index is 1.02. The van der Waals surface area contributed by atoms with Gasteiger partial charge in [-0.25, -0.2) is 9.80 Å². The van der Waals surface area contributed by atoms with Crippen LogP contribution in [0.5, 0.6) is 0 Å². The molecule has 56 heavy (non-hydrogen) atoms. The lowest BCUT2D eigenvalue weighted by molar-refractivity contribution is 0.0909. The van der Waals surface area contributed by atoms with Crippen LogP contribution in [-0.2, 0) is 0 Å². The van der Waals surface area contributed by atoms with Crippen LogP contribution in [0, 0.1) is 0 Å². The molecule has 0 aromatic heterocycles. The number of allylic oxidation sites excluding steroid dienone is 2. The minimum absolute atomic E-state index is 0.204. The minimum atomic E-state index is -0.527. The summed E-state index contributed by atoms with van der Waals surface area (Å²) in [5, 5.41) is 0. The average Bonchev–Trinajstić information content (AvgIpc) is 3.63. The Morgan fingerprint density at radius 2 is 0.696 bits per heavy atom. The van der Waals surface area contributed by atoms with E-state index >= 15 is 0 Å². The number of benzene rings is 5. The van der Waals surface area contributed by atoms with E-state index in [0.717, 1.165) is 20.9 Å². The van der Waals surface area contributed by atoms with Gasteiger partial charge in [-0.3, -0.25) is 28.8 Å². The van der Waals surface area contributed by atoms with Crippen LogP contribution in [-0.4, -0.2) is 35.2 Å². The molecule has 0 radical (unpaired) electrons. The molecule has 0 bridgehead atoms. The molecule has 0 spiro atoms. The number of fused-ring (bicyclic) bond motifs is 2. The van der Waals surface area contributed by atoms with Gasteiger partial charge in [-0.05, 0) is 175 Å². The smallest absolute Gasteiger partial charge is 0.267 e. The summed E-state index contributed by atoms with van der Waals surface area (Å²) in [4.78, 5) is 82.3. The van der Waals surface area contributed by atoms with E-state index in [1.54, 1.807) is 72.8 Å². The molecule has 0 unspecified atom stereocenters. The molecule has 2 aliphatic heterocycles. The number of rotatable bonds is 8. The lowest BCUT2D eigenvalue weighted by Crippen LogP contribution is -2.29. The molecule has 0 atom stereocenters. The molecule has 7 rings (SSSR count). The summed E-state index contributed by atoms with van der Waals surface area (Å²) in [7, 11) is 0. The molecule has 2 heterocycles. The van der Waals surface area contributed by atoms with Crippen LogP contribution < -0.4 is 9.80 Å². The van der Waals surface area contributed by atoms with Crippen LogP contribution in [0.2, 0.25) is 0 Å². The first kappa shape index (κ1) is 41.2. The normalized spacial score (nSPS) is 13.8. The number of imide groups is 2. The molecule has 0 saturated carbocycles. The Kier molecular flexibility index (Phi) is 12.0. The monoisotopic (exact) mass is 1250 g/mol. The fraction of sp³-hybridized carbons (Fsp3) is 0. The number of hydrogen-bond acceptors (Lipinski definition) is 6. The van der Waals surface area contributed by atoms with Crippen LogP contribution in [0.3, 0.4) is 0 Å². The summed E-state index contributed by atoms with van der Waals surface area (Å²) >= 11 is 27.4. The first-order valence-corrected chi connectivity index (χ1v) is 22.2. The van der Waals surface area contributed by atoms with Gasteiger partial charge in [0.25, 0.3) is 23.6 Å². The summed E-state index contributed by atoms with van der Waals surface area (Å²) < 4.78 is 4.05. The topological polar surface area (TPSA) is 109 Å². The highest BCUT2D eigenvalue weighted by atomic mass is 79.9. The standard InChI is InChI=1S/C40H16Br8N2O6/c41-29-25-26(30(42)34(46)33(29)45)38(54)49(37(25)53)21-5-1-3-19(15-21)23(51)13-11-17-7-9-18(10-8-17)12-14-24(52)20-4-2-6-22(16-20)50-39(55)27-28(40(50)56)32(44)36(48)35(47)31(27)43/h1-16H. The predicted octanol–water partition coefficient (Wildman–Crippen LogP) is 13.2. The number of anilines is 2. The zero-order valence-corrected chi connectivity index (χ0v) is 40.3. The molecule has 5 aromatic rings. The Labute approximate surface area is 385 Å². The van der Waals surface area contributed by atoms with Gasteiger partial charge in [-0.1, -0.05) is 60.7 Å². The number of nitrogens with zero attached hydrogens (tertiary/aromatic N) is 2. The maximum absolute atomic E-state index is 13.4. The number of halogens is 8. The van der Waals surface area contributed by atoms with Crippen molar-refractivity contribution in [2.75, 3.05) is 9.80 Å². The third-order valence-corrected chi connectivity index (χ3v) is 18.3. The number of carbonyl (C=O) groups excluding carboxylic acids is 6. The summed E-state index contributed by atoms with van der Waals surface area (Å²) in [5.41, 5.74) is 3.32. The van der Waals surface area contributed by atoms with Gasteiger partial charge >= 0.3 is 0 Å². The van der Waals surface area contributed by atoms with Crippen molar-refractivity contribution < 1.29 is 28.8 Å². The van der Waals surface area contributed by atoms with E-state index in [2.05, 4.69) is 127 Å². The highest BCUT2D eigenvalue weighted by Crippen LogP contribution is 2.47. The van der Waals surface area contributed by atoms with E-state index in [1.807, 2.05) is 0 Å². The van der Waals surface area contributed by atoms with Gasteiger partial charge in [0.2, 0.25) is 0 Å². The summed E-state index contributed by atoms with van der Waals surface area (Å²) in [6.07, 6.45) is 6.07. The van der Waals surface area contributed by atoms with E-state index < -0.39 is 23.6 Å². The summed E-state index contributed by atoms with van der Waals surface area (Å²) in [6.45, 7) is 0. The molecular weight excluding hydrogens is 1240 g/mol. The van der Waals surface area contributed by atoms with Crippen molar-refractivity contribution in [3.63, 3.8) is 0 Å². The van der Waals surface area contributed by atoms with Crippen LogP contribution in [0.25, 0.3) is 12.2 Å². The molecule has 0 fully saturated rings. The third-order valence-electron chi connectivity index (χ3n) is 8.77. The zero-order valence-electron chi connectivity index (χ0n) is 27.6. The maximum atomic E-state index is 13.4. The van der Waals surface area contributed by atoms with E-state index in [9.17, 15) is 28.8 Å². The highest BCUT2D eigenvalue weighted by molar-refractivity contribution is 9.15. The number of carbonyl (C=O) groups is 6. The summed E-state index contributed by atoms with van der Waals surface area (Å²) in [5.74, 6) is -2.78. The number of hydrogen-bond donors (Lipinski definition) is 0. The van der Waals surface area contributed by atoms with Gasteiger partial charge in [-0.15, -0.1) is 0 Å². The van der Waals surface area contributed by atoms with Crippen molar-refractivity contribution in [1.82, 2.24) is 0 Å². The fourth-order valence-corrected chi connectivity index (χ4v) is 10.9. The van der Waals surface area contributed by atoms with Gasteiger partial charge in [-0.2, -0.15) is 0 Å². The minimum Gasteiger partial charge on any atom is -0.289 e. The van der Waals surface area contributed by atoms with Crippen molar-refractivity contribution in [3.05, 3.63) is 165 Å². The zero-order chi connectivity index (χ0) is 40.3. The molecule has 8 nitrogen and oxygen atoms in total. The van der Waals surface area contributed by atoms with Crippen LogP contribution in [0.15, 0.2) is 121 Å². The molecular formula is C40H16Br8N2O6. The largest absolute Gasteiger partial charge is 0.289 e. The van der Waals surface area contributed by atoms with Gasteiger partial charge < -0.3 is 0 Å². The molecule has 4 amide bonds. The molecule has 0 N–H and O–H groups in total. The van der Waals surface area contributed by atoms with Gasteiger partial charge in [0.1, 0.15) is 0 Å². The maximum Gasteiger partial charge on any atom is 0.267 e. The molecule has 16 heteroatoms. The number of amides is 4. The SMILES string of the molecule is O=C(C=Cc1ccc(C=CC(=O)c2cccc(N3C(=O)c4c(Br)c(Br)c(Br)c(Br)c4C3=O)c2)cc1)c1cccc(N2C(=O)c3c(Br)c(Br)c(Br)c(Br)c3C2=O)c1. The lowest BCUT2D eigenvalue weighted by atomic mass is 10.1. The molecule has 0 saturated heterocycles. The van der Waals surface area contributed by atoms with Crippen molar-refractivity contribution >= 4 is 186 Å². The van der Waals surface area contributed by atoms with Crippen molar-refractivity contribution in [3.8, 4) is 0 Å². The predicted molar refractivity (Wildman–Crippen MR) is 243 cm³/mol. The van der Waals surface area contributed by atoms with Gasteiger partial charge in [0.15, 0.2) is 11.6 Å². The molecule has 0 aliphatic carbocycles. The average molecular weight is 1260 g/mol. The van der Waals surface area contributed by atoms with Crippen LogP contribution in [0.4, 0.5) is 11.4 Å². The Hall–Kier alpha value is -2.96. The first-order valence-electron chi connectivity index (χ1n) is 15.9. The van der Waals surface area contributed by atoms with Crippen molar-refractivity contribution in [1.29, 1.82) is 0 Å². The Bertz CT molecular complexity index is 2430. The fourth-order valence-electron chi connectivity index (χ4n) is 6.02.